The number of carbonyl (C=O) groups is 1. The molecule has 98 valence electrons. The van der Waals surface area contributed by atoms with Crippen LogP contribution in [0.2, 0.25) is 0 Å². The van der Waals surface area contributed by atoms with E-state index in [0.717, 1.165) is 25.9 Å². The van der Waals surface area contributed by atoms with E-state index in [4.69, 9.17) is 0 Å². The van der Waals surface area contributed by atoms with Crippen LogP contribution in [-0.2, 0) is 4.79 Å². The van der Waals surface area contributed by atoms with Gasteiger partial charge < -0.3 is 10.2 Å². The van der Waals surface area contributed by atoms with Crippen molar-refractivity contribution in [1.29, 1.82) is 0 Å². The molecule has 2 rings (SSSR count). The van der Waals surface area contributed by atoms with E-state index < -0.39 is 17.3 Å². The van der Waals surface area contributed by atoms with Crippen LogP contribution in [0.25, 0.3) is 0 Å². The van der Waals surface area contributed by atoms with Crippen LogP contribution in [0.15, 0.2) is 9.59 Å². The molecule has 1 amide bonds. The van der Waals surface area contributed by atoms with Crippen molar-refractivity contribution in [2.45, 2.75) is 25.8 Å². The average Bonchev–Trinajstić information content (AvgIpc) is 2.85. The van der Waals surface area contributed by atoms with Gasteiger partial charge in [0.05, 0.1) is 0 Å². The lowest BCUT2D eigenvalue weighted by atomic mass is 10.3. The molecule has 0 aromatic carbocycles. The zero-order valence-electron chi connectivity index (χ0n) is 10.0. The van der Waals surface area contributed by atoms with E-state index >= 15 is 0 Å². The van der Waals surface area contributed by atoms with Crippen molar-refractivity contribution >= 4 is 11.7 Å². The molecular formula is C10H15N5O3. The maximum atomic E-state index is 12.0. The highest BCUT2D eigenvalue weighted by Crippen LogP contribution is 2.10. The number of hydrogen-bond donors (Lipinski definition) is 3. The molecule has 1 aromatic rings. The second kappa shape index (κ2) is 5.03. The summed E-state index contributed by atoms with van der Waals surface area (Å²) >= 11 is 0. The van der Waals surface area contributed by atoms with E-state index in [1.165, 1.54) is 0 Å². The molecule has 0 saturated carbocycles. The summed E-state index contributed by atoms with van der Waals surface area (Å²) in [5.41, 5.74) is -1.32. The van der Waals surface area contributed by atoms with Crippen LogP contribution >= 0.6 is 0 Å². The Morgan fingerprint density at radius 2 is 2.06 bits per heavy atom. The number of hydrogen-bond acceptors (Lipinski definition) is 5. The van der Waals surface area contributed by atoms with Gasteiger partial charge in [-0.25, -0.2) is 9.89 Å². The van der Waals surface area contributed by atoms with Gasteiger partial charge in [-0.2, -0.15) is 0 Å². The number of nitrogens with zero attached hydrogens (tertiary/aromatic N) is 2. The fourth-order valence-electron chi connectivity index (χ4n) is 1.92. The number of aromatic amines is 2. The molecule has 0 radical (unpaired) electrons. The molecule has 18 heavy (non-hydrogen) atoms. The second-order valence-electron chi connectivity index (χ2n) is 4.25. The summed E-state index contributed by atoms with van der Waals surface area (Å²) in [4.78, 5) is 38.0. The Morgan fingerprint density at radius 3 is 2.67 bits per heavy atom. The number of carbonyl (C=O) groups excluding carboxylic acids is 1. The predicted octanol–water partition coefficient (Wildman–Crippen LogP) is -1.12. The van der Waals surface area contributed by atoms with Gasteiger partial charge in [-0.1, -0.05) is 0 Å². The van der Waals surface area contributed by atoms with Crippen molar-refractivity contribution in [2.75, 3.05) is 18.4 Å². The molecular weight excluding hydrogens is 238 g/mol. The minimum atomic E-state index is -0.677. The highest BCUT2D eigenvalue weighted by atomic mass is 16.2. The van der Waals surface area contributed by atoms with Crippen molar-refractivity contribution in [2.24, 2.45) is 0 Å². The Morgan fingerprint density at radius 1 is 1.39 bits per heavy atom. The minimum absolute atomic E-state index is 0.0605. The zero-order valence-corrected chi connectivity index (χ0v) is 10.0. The number of aromatic nitrogens is 3. The Bertz CT molecular complexity index is 543. The molecule has 1 saturated heterocycles. The molecule has 0 spiro atoms. The van der Waals surface area contributed by atoms with E-state index in [1.54, 1.807) is 11.8 Å². The van der Waals surface area contributed by atoms with Gasteiger partial charge in [0.1, 0.15) is 6.04 Å². The van der Waals surface area contributed by atoms with Crippen LogP contribution in [0.4, 0.5) is 5.82 Å². The first-order valence-corrected chi connectivity index (χ1v) is 5.82. The summed E-state index contributed by atoms with van der Waals surface area (Å²) in [6.07, 6.45) is 2.02. The summed E-state index contributed by atoms with van der Waals surface area (Å²) in [6, 6.07) is -0.553. The quantitative estimate of drug-likeness (QED) is 0.632. The van der Waals surface area contributed by atoms with Crippen LogP contribution in [0.5, 0.6) is 0 Å². The molecule has 1 unspecified atom stereocenters. The molecule has 0 bridgehead atoms. The molecule has 1 aromatic heterocycles. The standard InChI is InChI=1S/C10H15N5O3/c1-6(9(17)15-4-2-3-5-15)11-7-8(16)12-10(18)14-13-7/h6H,2-5H2,1H3,(H,11,13)(H2,12,14,16,18). The van der Waals surface area contributed by atoms with Crippen LogP contribution in [-0.4, -0.2) is 45.1 Å². The summed E-state index contributed by atoms with van der Waals surface area (Å²) in [5.74, 6) is -0.130. The van der Waals surface area contributed by atoms with Crippen molar-refractivity contribution < 1.29 is 4.79 Å². The Kier molecular flexibility index (Phi) is 3.45. The second-order valence-corrected chi connectivity index (χ2v) is 4.25. The van der Waals surface area contributed by atoms with Gasteiger partial charge in [0, 0.05) is 13.1 Å². The number of nitrogens with one attached hydrogen (secondary N) is 3. The van der Waals surface area contributed by atoms with Crippen LogP contribution in [0.1, 0.15) is 19.8 Å². The minimum Gasteiger partial charge on any atom is -0.353 e. The first-order chi connectivity index (χ1) is 8.58. The van der Waals surface area contributed by atoms with E-state index in [9.17, 15) is 14.4 Å². The van der Waals surface area contributed by atoms with Crippen molar-refractivity contribution in [1.82, 2.24) is 20.1 Å². The maximum Gasteiger partial charge on any atom is 0.342 e. The summed E-state index contributed by atoms with van der Waals surface area (Å²) < 4.78 is 0. The number of rotatable bonds is 3. The fourth-order valence-corrected chi connectivity index (χ4v) is 1.92. The third kappa shape index (κ3) is 2.58. The third-order valence-corrected chi connectivity index (χ3v) is 2.85. The monoisotopic (exact) mass is 253 g/mol. The highest BCUT2D eigenvalue weighted by molar-refractivity contribution is 5.84. The topological polar surface area (TPSA) is 111 Å². The summed E-state index contributed by atoms with van der Waals surface area (Å²) in [6.45, 7) is 3.16. The van der Waals surface area contributed by atoms with E-state index in [2.05, 4.69) is 15.5 Å². The van der Waals surface area contributed by atoms with Crippen molar-refractivity contribution in [3.63, 3.8) is 0 Å². The van der Waals surface area contributed by atoms with Crippen LogP contribution in [0.3, 0.4) is 0 Å². The van der Waals surface area contributed by atoms with Gasteiger partial charge in [0.25, 0.3) is 5.56 Å². The Labute approximate surface area is 102 Å². The van der Waals surface area contributed by atoms with Gasteiger partial charge >= 0.3 is 5.69 Å². The number of amides is 1. The molecule has 1 aliphatic heterocycles. The molecule has 1 aliphatic rings. The Hall–Kier alpha value is -2.12. The van der Waals surface area contributed by atoms with Crippen LogP contribution in [0, 0.1) is 0 Å². The third-order valence-electron chi connectivity index (χ3n) is 2.85. The normalized spacial score (nSPS) is 16.6. The van der Waals surface area contributed by atoms with Gasteiger partial charge in [0.2, 0.25) is 11.7 Å². The SMILES string of the molecule is CC(Nc1n[nH]c(=O)[nH]c1=O)C(=O)N1CCCC1. The average molecular weight is 253 g/mol. The van der Waals surface area contributed by atoms with E-state index in [1.807, 2.05) is 4.98 Å². The number of likely N-dealkylation sites (tertiary alicyclic amines) is 1. The van der Waals surface area contributed by atoms with Gasteiger partial charge in [-0.15, -0.1) is 5.10 Å². The van der Waals surface area contributed by atoms with Gasteiger partial charge in [-0.3, -0.25) is 14.6 Å². The number of H-pyrrole nitrogens is 2. The van der Waals surface area contributed by atoms with Crippen LogP contribution < -0.4 is 16.6 Å². The van der Waals surface area contributed by atoms with Gasteiger partial charge in [0.15, 0.2) is 0 Å². The van der Waals surface area contributed by atoms with Gasteiger partial charge in [-0.05, 0) is 19.8 Å². The lowest BCUT2D eigenvalue weighted by Gasteiger charge is -2.20. The molecule has 1 atom stereocenters. The fraction of sp³-hybridized carbons (Fsp3) is 0.600. The smallest absolute Gasteiger partial charge is 0.342 e. The first-order valence-electron chi connectivity index (χ1n) is 5.82. The molecule has 0 aliphatic carbocycles. The zero-order chi connectivity index (χ0) is 13.1. The maximum absolute atomic E-state index is 12.0. The molecule has 1 fully saturated rings. The molecule has 8 nitrogen and oxygen atoms in total. The first kappa shape index (κ1) is 12.3. The molecule has 8 heteroatoms. The lowest BCUT2D eigenvalue weighted by Crippen LogP contribution is -2.41. The number of anilines is 1. The summed E-state index contributed by atoms with van der Waals surface area (Å²) in [7, 11) is 0. The summed E-state index contributed by atoms with van der Waals surface area (Å²) in [5, 5.41) is 8.37. The van der Waals surface area contributed by atoms with Crippen molar-refractivity contribution in [3.8, 4) is 0 Å². The molecule has 2 heterocycles. The Balaban J connectivity index is 2.06. The molecule has 3 N–H and O–H groups in total. The van der Waals surface area contributed by atoms with Crippen molar-refractivity contribution in [3.05, 3.63) is 20.8 Å². The van der Waals surface area contributed by atoms with E-state index in [-0.39, 0.29) is 11.7 Å². The highest BCUT2D eigenvalue weighted by Gasteiger charge is 2.23. The largest absolute Gasteiger partial charge is 0.353 e. The lowest BCUT2D eigenvalue weighted by molar-refractivity contribution is -0.130. The van der Waals surface area contributed by atoms with E-state index in [0.29, 0.717) is 0 Å². The predicted molar refractivity (Wildman–Crippen MR) is 64.4 cm³/mol.